The number of aliphatic hydroxyl groups excluding tert-OH is 3. The Bertz CT molecular complexity index is 119. The summed E-state index contributed by atoms with van der Waals surface area (Å²) in [6.45, 7) is -0.282. The third-order valence-corrected chi connectivity index (χ3v) is 1.78. The molecule has 0 saturated heterocycles. The summed E-state index contributed by atoms with van der Waals surface area (Å²) in [4.78, 5) is 9.90. The number of hydrogen-bond donors (Lipinski definition) is 4. The summed E-state index contributed by atoms with van der Waals surface area (Å²) in [7, 11) is 0. The van der Waals surface area contributed by atoms with Crippen LogP contribution in [-0.2, 0) is 4.79 Å². The summed E-state index contributed by atoms with van der Waals surface area (Å²) in [5.74, 6) is 0. The maximum atomic E-state index is 9.90. The van der Waals surface area contributed by atoms with Gasteiger partial charge in [0.25, 0.3) is 0 Å². The number of carbonyl (C=O) groups is 1. The minimum Gasteiger partial charge on any atom is -0.395 e. The highest BCUT2D eigenvalue weighted by Gasteiger charge is 2.17. The van der Waals surface area contributed by atoms with Crippen molar-refractivity contribution in [2.24, 2.45) is 0 Å². The van der Waals surface area contributed by atoms with Crippen LogP contribution in [0.4, 0.5) is 0 Å². The number of aliphatic hydroxyl groups is 3. The van der Waals surface area contributed by atoms with Gasteiger partial charge in [0, 0.05) is 6.42 Å². The van der Waals surface area contributed by atoms with Crippen LogP contribution in [-0.4, -0.2) is 45.7 Å². The van der Waals surface area contributed by atoms with Gasteiger partial charge in [-0.3, -0.25) is 0 Å². The van der Waals surface area contributed by atoms with Crippen molar-refractivity contribution in [3.05, 3.63) is 0 Å². The third kappa shape index (κ3) is 4.36. The van der Waals surface area contributed by atoms with Gasteiger partial charge in [0.1, 0.15) is 12.4 Å². The first-order valence-corrected chi connectivity index (χ1v) is 3.73. The minimum absolute atomic E-state index is 0.0851. The number of thiol groups is 1. The van der Waals surface area contributed by atoms with Crippen molar-refractivity contribution in [3.8, 4) is 0 Å². The van der Waals surface area contributed by atoms with Crippen LogP contribution >= 0.6 is 12.6 Å². The molecule has 0 fully saturated rings. The van der Waals surface area contributed by atoms with Gasteiger partial charge < -0.3 is 20.1 Å². The first-order valence-electron chi connectivity index (χ1n) is 3.22. The maximum Gasteiger partial charge on any atom is 0.148 e. The quantitative estimate of drug-likeness (QED) is 0.309. The zero-order chi connectivity index (χ0) is 8.85. The SMILES string of the molecule is O=C[C@H](O)C[C@H](O)[C@@H](S)CO. The zero-order valence-corrected chi connectivity index (χ0v) is 6.82. The standard InChI is InChI=1S/C6H12O4S/c7-2-4(9)1-5(10)6(11)3-8/h2,4-6,8-11H,1,3H2/t4-,5+,6+/m1/s1. The van der Waals surface area contributed by atoms with E-state index in [1.807, 2.05) is 0 Å². The molecule has 0 aromatic heterocycles. The van der Waals surface area contributed by atoms with E-state index in [1.165, 1.54) is 0 Å². The molecule has 3 N–H and O–H groups in total. The van der Waals surface area contributed by atoms with Gasteiger partial charge >= 0.3 is 0 Å². The molecule has 0 aromatic rings. The molecule has 11 heavy (non-hydrogen) atoms. The van der Waals surface area contributed by atoms with Crippen molar-refractivity contribution in [1.29, 1.82) is 0 Å². The van der Waals surface area contributed by atoms with Crippen LogP contribution in [0, 0.1) is 0 Å². The second-order valence-electron chi connectivity index (χ2n) is 2.26. The number of aldehydes is 1. The normalized spacial score (nSPS) is 18.9. The van der Waals surface area contributed by atoms with Crippen LogP contribution in [0.3, 0.4) is 0 Å². The topological polar surface area (TPSA) is 77.8 Å². The molecule has 0 aliphatic heterocycles. The first-order chi connectivity index (χ1) is 5.11. The first kappa shape index (κ1) is 10.9. The Morgan fingerprint density at radius 1 is 1.45 bits per heavy atom. The highest BCUT2D eigenvalue weighted by atomic mass is 32.1. The largest absolute Gasteiger partial charge is 0.395 e. The monoisotopic (exact) mass is 180 g/mol. The lowest BCUT2D eigenvalue weighted by Gasteiger charge is -2.15. The molecule has 0 amide bonds. The molecule has 0 aromatic carbocycles. The Morgan fingerprint density at radius 3 is 2.36 bits per heavy atom. The Hall–Kier alpha value is -0.100. The molecular formula is C6H12O4S. The molecule has 0 aliphatic rings. The molecule has 66 valence electrons. The van der Waals surface area contributed by atoms with E-state index in [-0.39, 0.29) is 13.0 Å². The van der Waals surface area contributed by atoms with Crippen molar-refractivity contribution in [2.45, 2.75) is 23.9 Å². The molecule has 0 spiro atoms. The fourth-order valence-electron chi connectivity index (χ4n) is 0.582. The van der Waals surface area contributed by atoms with Gasteiger partial charge in [-0.25, -0.2) is 0 Å². The molecule has 0 heterocycles. The molecule has 0 radical (unpaired) electrons. The minimum atomic E-state index is -1.17. The number of carbonyl (C=O) groups excluding carboxylic acids is 1. The van der Waals surface area contributed by atoms with Gasteiger partial charge in [-0.2, -0.15) is 12.6 Å². The van der Waals surface area contributed by atoms with Gasteiger partial charge in [-0.05, 0) is 0 Å². The van der Waals surface area contributed by atoms with E-state index in [2.05, 4.69) is 12.6 Å². The lowest BCUT2D eigenvalue weighted by atomic mass is 10.1. The average Bonchev–Trinajstić information content (AvgIpc) is 2.02. The average molecular weight is 180 g/mol. The van der Waals surface area contributed by atoms with Crippen LogP contribution in [0.25, 0.3) is 0 Å². The van der Waals surface area contributed by atoms with Gasteiger partial charge in [-0.1, -0.05) is 0 Å². The lowest BCUT2D eigenvalue weighted by Crippen LogP contribution is -2.29. The summed E-state index contributed by atoms with van der Waals surface area (Å²) >= 11 is 3.81. The smallest absolute Gasteiger partial charge is 0.148 e. The lowest BCUT2D eigenvalue weighted by molar-refractivity contribution is -0.116. The fraction of sp³-hybridized carbons (Fsp3) is 0.833. The third-order valence-electron chi connectivity index (χ3n) is 1.27. The van der Waals surface area contributed by atoms with Gasteiger partial charge in [0.05, 0.1) is 18.0 Å². The summed E-state index contributed by atoms with van der Waals surface area (Å²) in [6, 6.07) is 0. The fourth-order valence-corrected chi connectivity index (χ4v) is 0.703. The van der Waals surface area contributed by atoms with Crippen LogP contribution in [0.2, 0.25) is 0 Å². The summed E-state index contributed by atoms with van der Waals surface area (Å²) in [6.07, 6.45) is -1.88. The zero-order valence-electron chi connectivity index (χ0n) is 5.92. The Morgan fingerprint density at radius 2 is 2.00 bits per heavy atom. The molecule has 0 saturated carbocycles. The van der Waals surface area contributed by atoms with Crippen molar-refractivity contribution in [1.82, 2.24) is 0 Å². The van der Waals surface area contributed by atoms with Crippen molar-refractivity contribution >= 4 is 18.9 Å². The van der Waals surface area contributed by atoms with E-state index in [0.717, 1.165) is 0 Å². The van der Waals surface area contributed by atoms with E-state index >= 15 is 0 Å². The Balaban J connectivity index is 3.66. The maximum absolute atomic E-state index is 9.90. The summed E-state index contributed by atoms with van der Waals surface area (Å²) in [5.41, 5.74) is 0. The molecular weight excluding hydrogens is 168 g/mol. The number of hydrogen-bond acceptors (Lipinski definition) is 5. The second kappa shape index (κ2) is 5.54. The van der Waals surface area contributed by atoms with Crippen LogP contribution in [0.1, 0.15) is 6.42 Å². The molecule has 5 heteroatoms. The predicted octanol–water partition coefficient (Wildman–Crippen LogP) is -1.41. The summed E-state index contributed by atoms with van der Waals surface area (Å²) in [5, 5.41) is 25.7. The van der Waals surface area contributed by atoms with E-state index in [1.54, 1.807) is 0 Å². The molecule has 0 rings (SSSR count). The van der Waals surface area contributed by atoms with E-state index in [0.29, 0.717) is 6.29 Å². The van der Waals surface area contributed by atoms with E-state index in [4.69, 9.17) is 15.3 Å². The van der Waals surface area contributed by atoms with Gasteiger partial charge in [-0.15, -0.1) is 0 Å². The summed E-state index contributed by atoms with van der Waals surface area (Å²) < 4.78 is 0. The molecule has 0 bridgehead atoms. The molecule has 3 atom stereocenters. The Kier molecular flexibility index (Phi) is 5.49. The highest BCUT2D eigenvalue weighted by Crippen LogP contribution is 2.06. The van der Waals surface area contributed by atoms with Gasteiger partial charge in [0.2, 0.25) is 0 Å². The van der Waals surface area contributed by atoms with Gasteiger partial charge in [0.15, 0.2) is 0 Å². The Labute approximate surface area is 70.3 Å². The van der Waals surface area contributed by atoms with E-state index in [9.17, 15) is 4.79 Å². The van der Waals surface area contributed by atoms with Crippen molar-refractivity contribution in [2.75, 3.05) is 6.61 Å². The molecule has 0 aliphatic carbocycles. The van der Waals surface area contributed by atoms with Crippen LogP contribution in [0.15, 0.2) is 0 Å². The molecule has 4 nitrogen and oxygen atoms in total. The van der Waals surface area contributed by atoms with Crippen LogP contribution < -0.4 is 0 Å². The van der Waals surface area contributed by atoms with Crippen molar-refractivity contribution in [3.63, 3.8) is 0 Å². The van der Waals surface area contributed by atoms with E-state index < -0.39 is 17.5 Å². The highest BCUT2D eigenvalue weighted by molar-refractivity contribution is 7.81. The van der Waals surface area contributed by atoms with Crippen LogP contribution in [0.5, 0.6) is 0 Å². The molecule has 0 unspecified atom stereocenters. The van der Waals surface area contributed by atoms with Crippen molar-refractivity contribution < 1.29 is 20.1 Å². The predicted molar refractivity (Wildman–Crippen MR) is 42.6 cm³/mol. The number of rotatable bonds is 5. The second-order valence-corrected chi connectivity index (χ2v) is 2.92.